The van der Waals surface area contributed by atoms with Crippen molar-refractivity contribution in [1.29, 1.82) is 0 Å². The van der Waals surface area contributed by atoms with Crippen LogP contribution in [0.15, 0.2) is 23.2 Å². The average molecular weight is 455 g/mol. The first-order valence-electron chi connectivity index (χ1n) is 11.9. The molecule has 1 aromatic heterocycles. The zero-order valence-electron chi connectivity index (χ0n) is 21.2. The van der Waals surface area contributed by atoms with E-state index in [2.05, 4.69) is 17.3 Å². The highest BCUT2D eigenvalue weighted by Gasteiger charge is 2.23. The van der Waals surface area contributed by atoms with Crippen LogP contribution < -0.4 is 0 Å². The molecule has 1 aliphatic carbocycles. The summed E-state index contributed by atoms with van der Waals surface area (Å²) >= 11 is 1.71. The van der Waals surface area contributed by atoms with E-state index >= 15 is 0 Å². The minimum atomic E-state index is -0.367. The molecule has 180 valence electrons. The summed E-state index contributed by atoms with van der Waals surface area (Å²) in [5.41, 5.74) is 0.664. The van der Waals surface area contributed by atoms with Gasteiger partial charge in [-0.25, -0.2) is 4.79 Å². The zero-order chi connectivity index (χ0) is 23.7. The molecule has 1 amide bonds. The number of thioether (sulfide) groups is 1. The predicted octanol–water partition coefficient (Wildman–Crippen LogP) is 7.19. The van der Waals surface area contributed by atoms with Crippen LogP contribution in [0.3, 0.4) is 0 Å². The summed E-state index contributed by atoms with van der Waals surface area (Å²) in [5, 5.41) is 0. The van der Waals surface area contributed by atoms with Gasteiger partial charge >= 0.3 is 6.09 Å². The zero-order valence-corrected chi connectivity index (χ0v) is 22.0. The van der Waals surface area contributed by atoms with Crippen molar-refractivity contribution in [2.24, 2.45) is 5.92 Å². The molecule has 1 aliphatic heterocycles. The number of piperidine rings is 1. The third kappa shape index (κ3) is 15.2. The number of ether oxygens (including phenoxy) is 2. The van der Waals surface area contributed by atoms with E-state index in [0.29, 0.717) is 6.61 Å². The molecule has 2 fully saturated rings. The highest BCUT2D eigenvalue weighted by Crippen LogP contribution is 2.29. The Morgan fingerprint density at radius 1 is 1.10 bits per heavy atom. The van der Waals surface area contributed by atoms with Crippen LogP contribution in [0.1, 0.15) is 86.3 Å². The monoisotopic (exact) mass is 454 g/mol. The number of carbonyl (C=O) groups is 1. The fourth-order valence-electron chi connectivity index (χ4n) is 2.63. The van der Waals surface area contributed by atoms with E-state index in [4.69, 9.17) is 9.47 Å². The second-order valence-corrected chi connectivity index (χ2v) is 9.06. The molecule has 2 aliphatic rings. The lowest BCUT2D eigenvalue weighted by atomic mass is 10.1. The van der Waals surface area contributed by atoms with E-state index in [1.54, 1.807) is 16.7 Å². The van der Waals surface area contributed by atoms with Gasteiger partial charge in [0, 0.05) is 30.8 Å². The molecule has 2 heterocycles. The number of hydrogen-bond acceptors (Lipinski definition) is 5. The van der Waals surface area contributed by atoms with E-state index in [1.165, 1.54) is 24.2 Å². The Labute approximate surface area is 195 Å². The van der Waals surface area contributed by atoms with Crippen LogP contribution in [0.2, 0.25) is 0 Å². The van der Waals surface area contributed by atoms with Crippen LogP contribution in [0, 0.1) is 5.92 Å². The van der Waals surface area contributed by atoms with E-state index < -0.39 is 0 Å². The second-order valence-electron chi connectivity index (χ2n) is 8.18. The van der Waals surface area contributed by atoms with Gasteiger partial charge in [-0.2, -0.15) is 0 Å². The van der Waals surface area contributed by atoms with Gasteiger partial charge < -0.3 is 14.4 Å². The summed E-state index contributed by atoms with van der Waals surface area (Å²) in [4.78, 5) is 18.8. The third-order valence-corrected chi connectivity index (χ3v) is 5.05. The maximum Gasteiger partial charge on any atom is 0.410 e. The number of amides is 1. The molecule has 0 aromatic carbocycles. The molecule has 0 atom stereocenters. The Kier molecular flexibility index (Phi) is 16.6. The Morgan fingerprint density at radius 2 is 1.71 bits per heavy atom. The van der Waals surface area contributed by atoms with Crippen molar-refractivity contribution < 1.29 is 14.3 Å². The fourth-order valence-corrected chi connectivity index (χ4v) is 3.00. The second kappa shape index (κ2) is 17.3. The largest absolute Gasteiger partial charge is 0.444 e. The first-order chi connectivity index (χ1) is 14.9. The Balaban J connectivity index is 0.000000502. The highest BCUT2D eigenvalue weighted by atomic mass is 32.2. The molecule has 6 heteroatoms. The van der Waals surface area contributed by atoms with E-state index in [1.807, 2.05) is 60.7 Å². The minimum absolute atomic E-state index is 0.160. The number of likely N-dealkylation sites (tertiary alicyclic amines) is 1. The molecule has 1 saturated carbocycles. The van der Waals surface area contributed by atoms with E-state index in [9.17, 15) is 4.79 Å². The van der Waals surface area contributed by atoms with Crippen LogP contribution in [-0.2, 0) is 16.1 Å². The molecule has 5 nitrogen and oxygen atoms in total. The molecule has 3 rings (SSSR count). The smallest absolute Gasteiger partial charge is 0.410 e. The molecule has 0 N–H and O–H groups in total. The van der Waals surface area contributed by atoms with E-state index in [0.717, 1.165) is 44.1 Å². The van der Waals surface area contributed by atoms with E-state index in [-0.39, 0.29) is 11.7 Å². The van der Waals surface area contributed by atoms with Crippen molar-refractivity contribution in [2.45, 2.75) is 97.7 Å². The van der Waals surface area contributed by atoms with Gasteiger partial charge in [0.05, 0.1) is 12.3 Å². The summed E-state index contributed by atoms with van der Waals surface area (Å²) in [6.45, 7) is 17.0. The topological polar surface area (TPSA) is 51.7 Å². The average Bonchev–Trinajstić information content (AvgIpc) is 3.61. The van der Waals surface area contributed by atoms with Gasteiger partial charge in [-0.3, -0.25) is 4.98 Å². The number of pyridine rings is 1. The fraction of sp³-hybridized carbons (Fsp3) is 0.760. The van der Waals surface area contributed by atoms with Gasteiger partial charge in [0.2, 0.25) is 0 Å². The maximum absolute atomic E-state index is 11.5. The summed E-state index contributed by atoms with van der Waals surface area (Å²) < 4.78 is 10.8. The van der Waals surface area contributed by atoms with Crippen LogP contribution in [0.4, 0.5) is 4.79 Å². The van der Waals surface area contributed by atoms with Crippen molar-refractivity contribution in [3.63, 3.8) is 0 Å². The van der Waals surface area contributed by atoms with Crippen molar-refractivity contribution >= 4 is 17.9 Å². The normalized spacial score (nSPS) is 15.3. The molecule has 1 saturated heterocycles. The minimum Gasteiger partial charge on any atom is -0.444 e. The molecule has 0 bridgehead atoms. The first-order valence-corrected chi connectivity index (χ1v) is 13.1. The summed E-state index contributed by atoms with van der Waals surface area (Å²) in [6.07, 6.45) is 9.95. The van der Waals surface area contributed by atoms with Crippen LogP contribution in [0.25, 0.3) is 0 Å². The lowest BCUT2D eigenvalue weighted by Gasteiger charge is -2.29. The molecule has 1 aromatic rings. The number of nitrogens with zero attached hydrogens (tertiary/aromatic N) is 2. The Bertz CT molecular complexity index is 563. The number of rotatable bonds is 5. The van der Waals surface area contributed by atoms with Gasteiger partial charge in [-0.1, -0.05) is 27.7 Å². The molecule has 0 unspecified atom stereocenters. The predicted molar refractivity (Wildman–Crippen MR) is 133 cm³/mol. The number of carbonyl (C=O) groups excluding carboxylic acids is 1. The third-order valence-electron chi connectivity index (χ3n) is 4.34. The SMILES string of the molecule is CC.CC.CC(C)(C)OC(=O)N1CCCCC1.CSc1ccc(COCC2CC2)nc1. The van der Waals surface area contributed by atoms with Crippen LogP contribution >= 0.6 is 11.8 Å². The summed E-state index contributed by atoms with van der Waals surface area (Å²) in [7, 11) is 0. The standard InChI is InChI=1S/C11H15NOS.C10H19NO2.2C2H6/c1-14-11-5-4-10(12-6-11)8-13-7-9-2-3-9;1-10(2,3)13-9(12)11-7-5-4-6-8-11;2*1-2/h4-6,9H,2-3,7-8H2,1H3;4-8H2,1-3H3;2*1-2H3. The van der Waals surface area contributed by atoms with Gasteiger partial charge in [0.15, 0.2) is 0 Å². The van der Waals surface area contributed by atoms with Crippen molar-refractivity contribution in [1.82, 2.24) is 9.88 Å². The molecular formula is C25H46N2O3S. The van der Waals surface area contributed by atoms with Gasteiger partial charge in [0.1, 0.15) is 5.60 Å². The van der Waals surface area contributed by atoms with Crippen molar-refractivity contribution in [2.75, 3.05) is 26.0 Å². The molecule has 0 spiro atoms. The Morgan fingerprint density at radius 3 is 2.16 bits per heavy atom. The molecule has 0 radical (unpaired) electrons. The molecular weight excluding hydrogens is 408 g/mol. The van der Waals surface area contributed by atoms with Crippen LogP contribution in [-0.4, -0.2) is 47.5 Å². The molecule has 31 heavy (non-hydrogen) atoms. The number of hydrogen-bond donors (Lipinski definition) is 0. The summed E-state index contributed by atoms with van der Waals surface area (Å²) in [5.74, 6) is 0.834. The van der Waals surface area contributed by atoms with Gasteiger partial charge in [-0.15, -0.1) is 11.8 Å². The maximum atomic E-state index is 11.5. The summed E-state index contributed by atoms with van der Waals surface area (Å²) in [6, 6.07) is 4.13. The highest BCUT2D eigenvalue weighted by molar-refractivity contribution is 7.98. The lowest BCUT2D eigenvalue weighted by Crippen LogP contribution is -2.39. The first kappa shape index (κ1) is 29.7. The Hall–Kier alpha value is -1.27. The van der Waals surface area contributed by atoms with Gasteiger partial charge in [0.25, 0.3) is 0 Å². The quantitative estimate of drug-likeness (QED) is 0.441. The van der Waals surface area contributed by atoms with Crippen LogP contribution in [0.5, 0.6) is 0 Å². The van der Waals surface area contributed by atoms with Crippen molar-refractivity contribution in [3.8, 4) is 0 Å². The lowest BCUT2D eigenvalue weighted by molar-refractivity contribution is 0.0216. The number of aromatic nitrogens is 1. The van der Waals surface area contributed by atoms with Gasteiger partial charge in [-0.05, 0) is 77.2 Å². The van der Waals surface area contributed by atoms with Crippen molar-refractivity contribution in [3.05, 3.63) is 24.0 Å².